The zero-order valence-electron chi connectivity index (χ0n) is 15.1. The Morgan fingerprint density at radius 3 is 1.50 bits per heavy atom. The van der Waals surface area contributed by atoms with Crippen molar-refractivity contribution < 1.29 is 4.74 Å². The summed E-state index contributed by atoms with van der Waals surface area (Å²) in [5.74, 6) is 2.72. The summed E-state index contributed by atoms with van der Waals surface area (Å²) in [6.07, 6.45) is 7.02. The minimum Gasteiger partial charge on any atom is -0.358 e. The average molecular weight is 340 g/mol. The second kappa shape index (κ2) is 8.52. The van der Waals surface area contributed by atoms with E-state index < -0.39 is 5.60 Å². The van der Waals surface area contributed by atoms with Gasteiger partial charge in [0, 0.05) is 6.42 Å². The van der Waals surface area contributed by atoms with Crippen molar-refractivity contribution in [1.29, 1.82) is 0 Å². The van der Waals surface area contributed by atoms with E-state index >= 15 is 0 Å². The lowest BCUT2D eigenvalue weighted by Crippen LogP contribution is -2.36. The highest BCUT2D eigenvalue weighted by atomic mass is 16.5. The predicted molar refractivity (Wildman–Crippen MR) is 108 cm³/mol. The molecule has 3 rings (SSSR count). The van der Waals surface area contributed by atoms with Crippen molar-refractivity contribution in [3.05, 3.63) is 108 Å². The molecule has 0 fully saturated rings. The molecule has 1 atom stereocenters. The second-order valence-corrected chi connectivity index (χ2v) is 6.45. The maximum Gasteiger partial charge on any atom is 0.144 e. The zero-order valence-corrected chi connectivity index (χ0v) is 15.1. The van der Waals surface area contributed by atoms with E-state index in [1.165, 1.54) is 0 Å². The van der Waals surface area contributed by atoms with Gasteiger partial charge in [0.1, 0.15) is 5.60 Å². The first kappa shape index (κ1) is 18.0. The van der Waals surface area contributed by atoms with Crippen LogP contribution >= 0.6 is 0 Å². The van der Waals surface area contributed by atoms with Gasteiger partial charge in [0.25, 0.3) is 0 Å². The molecule has 0 amide bonds. The zero-order chi connectivity index (χ0) is 18.2. The third-order valence-electron chi connectivity index (χ3n) is 4.61. The molecule has 0 aliphatic heterocycles. The van der Waals surface area contributed by atoms with Crippen molar-refractivity contribution in [1.82, 2.24) is 0 Å². The predicted octanol–water partition coefficient (Wildman–Crippen LogP) is 5.80. The molecule has 0 saturated heterocycles. The van der Waals surface area contributed by atoms with Crippen LogP contribution in [0.15, 0.2) is 91.0 Å². The van der Waals surface area contributed by atoms with Crippen LogP contribution in [0.4, 0.5) is 0 Å². The molecular formula is C25H24O. The molecule has 130 valence electrons. The van der Waals surface area contributed by atoms with Crippen LogP contribution in [0, 0.1) is 12.3 Å². The third-order valence-corrected chi connectivity index (χ3v) is 4.61. The standard InChI is InChI=1S/C25H24O/c1-3-4-14-21(2)26-25(22-15-8-5-9-16-22,23-17-10-6-11-18-23)24-19-12-7-13-20-24/h1,5-13,15-21H,4,14H2,2H3. The van der Waals surface area contributed by atoms with Crippen molar-refractivity contribution >= 4 is 0 Å². The van der Waals surface area contributed by atoms with Crippen LogP contribution in [0.5, 0.6) is 0 Å². The summed E-state index contributed by atoms with van der Waals surface area (Å²) in [6.45, 7) is 2.10. The molecular weight excluding hydrogens is 316 g/mol. The summed E-state index contributed by atoms with van der Waals surface area (Å²) < 4.78 is 6.80. The van der Waals surface area contributed by atoms with Gasteiger partial charge in [-0.05, 0) is 30.0 Å². The fraction of sp³-hybridized carbons (Fsp3) is 0.200. The van der Waals surface area contributed by atoms with E-state index in [4.69, 9.17) is 11.2 Å². The molecule has 0 spiro atoms. The van der Waals surface area contributed by atoms with Crippen LogP contribution < -0.4 is 0 Å². The molecule has 0 N–H and O–H groups in total. The van der Waals surface area contributed by atoms with Crippen molar-refractivity contribution in [2.45, 2.75) is 31.5 Å². The van der Waals surface area contributed by atoms with Gasteiger partial charge in [-0.1, -0.05) is 91.0 Å². The Balaban J connectivity index is 2.20. The Kier molecular flexibility index (Phi) is 5.89. The van der Waals surface area contributed by atoms with E-state index in [2.05, 4.69) is 85.6 Å². The summed E-state index contributed by atoms with van der Waals surface area (Å²) in [6, 6.07) is 31.3. The molecule has 3 aromatic rings. The van der Waals surface area contributed by atoms with Crippen LogP contribution in [-0.2, 0) is 10.3 Å². The Bertz CT molecular complexity index is 735. The van der Waals surface area contributed by atoms with Crippen LogP contribution in [0.1, 0.15) is 36.5 Å². The lowest BCUT2D eigenvalue weighted by atomic mass is 9.80. The number of ether oxygens (including phenoxy) is 1. The Morgan fingerprint density at radius 2 is 1.15 bits per heavy atom. The minimum absolute atomic E-state index is 0.0201. The molecule has 1 heteroatoms. The van der Waals surface area contributed by atoms with Gasteiger partial charge in [0.2, 0.25) is 0 Å². The lowest BCUT2D eigenvalue weighted by molar-refractivity contribution is -0.0411. The quantitative estimate of drug-likeness (QED) is 0.390. The van der Waals surface area contributed by atoms with Gasteiger partial charge in [-0.3, -0.25) is 0 Å². The van der Waals surface area contributed by atoms with E-state index in [9.17, 15) is 0 Å². The average Bonchev–Trinajstić information content (AvgIpc) is 2.72. The molecule has 3 aromatic carbocycles. The number of benzene rings is 3. The number of rotatable bonds is 7. The van der Waals surface area contributed by atoms with Crippen molar-refractivity contribution in [2.24, 2.45) is 0 Å². The summed E-state index contributed by atoms with van der Waals surface area (Å²) in [5.41, 5.74) is 2.68. The summed E-state index contributed by atoms with van der Waals surface area (Å²) in [7, 11) is 0. The van der Waals surface area contributed by atoms with Gasteiger partial charge in [-0.15, -0.1) is 12.3 Å². The van der Waals surface area contributed by atoms with E-state index in [1.54, 1.807) is 0 Å². The van der Waals surface area contributed by atoms with Crippen molar-refractivity contribution in [2.75, 3.05) is 0 Å². The molecule has 0 aliphatic carbocycles. The van der Waals surface area contributed by atoms with E-state index in [1.807, 2.05) is 18.2 Å². The molecule has 0 bridgehead atoms. The van der Waals surface area contributed by atoms with Crippen LogP contribution in [0.3, 0.4) is 0 Å². The monoisotopic (exact) mass is 340 g/mol. The third kappa shape index (κ3) is 3.72. The van der Waals surface area contributed by atoms with Gasteiger partial charge >= 0.3 is 0 Å². The SMILES string of the molecule is C#CCCC(C)OC(c1ccccc1)(c1ccccc1)c1ccccc1. The number of hydrogen-bond donors (Lipinski definition) is 0. The van der Waals surface area contributed by atoms with Gasteiger partial charge in [-0.25, -0.2) is 0 Å². The smallest absolute Gasteiger partial charge is 0.144 e. The van der Waals surface area contributed by atoms with Crippen molar-refractivity contribution in [3.8, 4) is 12.3 Å². The first-order valence-corrected chi connectivity index (χ1v) is 9.05. The van der Waals surface area contributed by atoms with Gasteiger partial charge < -0.3 is 4.74 Å². The van der Waals surface area contributed by atoms with Crippen LogP contribution in [-0.4, -0.2) is 6.10 Å². The first-order valence-electron chi connectivity index (χ1n) is 9.05. The van der Waals surface area contributed by atoms with Gasteiger partial charge in [0.05, 0.1) is 6.10 Å². The summed E-state index contributed by atoms with van der Waals surface area (Å²) in [4.78, 5) is 0. The summed E-state index contributed by atoms with van der Waals surface area (Å²) in [5, 5.41) is 0. The molecule has 0 saturated carbocycles. The van der Waals surface area contributed by atoms with Crippen LogP contribution in [0.25, 0.3) is 0 Å². The number of hydrogen-bond acceptors (Lipinski definition) is 1. The van der Waals surface area contributed by atoms with E-state index in [-0.39, 0.29) is 6.10 Å². The lowest BCUT2D eigenvalue weighted by Gasteiger charge is -2.38. The Morgan fingerprint density at radius 1 is 0.769 bits per heavy atom. The Hall–Kier alpha value is -2.82. The first-order chi connectivity index (χ1) is 12.8. The fourth-order valence-electron chi connectivity index (χ4n) is 3.37. The van der Waals surface area contributed by atoms with Crippen LogP contribution in [0.2, 0.25) is 0 Å². The maximum absolute atomic E-state index is 6.80. The molecule has 0 radical (unpaired) electrons. The highest BCUT2D eigenvalue weighted by Gasteiger charge is 2.38. The Labute approximate surface area is 156 Å². The molecule has 0 heterocycles. The summed E-state index contributed by atoms with van der Waals surface area (Å²) >= 11 is 0. The topological polar surface area (TPSA) is 9.23 Å². The van der Waals surface area contributed by atoms with Gasteiger partial charge in [-0.2, -0.15) is 0 Å². The highest BCUT2D eigenvalue weighted by Crippen LogP contribution is 2.41. The van der Waals surface area contributed by atoms with E-state index in [0.717, 1.165) is 23.1 Å². The second-order valence-electron chi connectivity index (χ2n) is 6.45. The van der Waals surface area contributed by atoms with Gasteiger partial charge in [0.15, 0.2) is 0 Å². The number of terminal acetylenes is 1. The fourth-order valence-corrected chi connectivity index (χ4v) is 3.37. The molecule has 0 aromatic heterocycles. The molecule has 1 nitrogen and oxygen atoms in total. The van der Waals surface area contributed by atoms with E-state index in [0.29, 0.717) is 6.42 Å². The normalized spacial score (nSPS) is 12.3. The molecule has 1 unspecified atom stereocenters. The molecule has 26 heavy (non-hydrogen) atoms. The maximum atomic E-state index is 6.80. The highest BCUT2D eigenvalue weighted by molar-refractivity contribution is 5.47. The minimum atomic E-state index is -0.669. The largest absolute Gasteiger partial charge is 0.358 e. The van der Waals surface area contributed by atoms with Crippen molar-refractivity contribution in [3.63, 3.8) is 0 Å². The molecule has 0 aliphatic rings.